The fourth-order valence-corrected chi connectivity index (χ4v) is 2.69. The Hall–Kier alpha value is -2.46. The predicted octanol–water partition coefficient (Wildman–Crippen LogP) is 2.98. The Balaban J connectivity index is 1.71. The summed E-state index contributed by atoms with van der Waals surface area (Å²) in [6, 6.07) is 12.1. The van der Waals surface area contributed by atoms with Crippen molar-refractivity contribution in [1.82, 2.24) is 14.5 Å². The largest absolute Gasteiger partial charge is 0.333 e. The maximum atomic E-state index is 11.2. The third-order valence-corrected chi connectivity index (χ3v) is 3.87. The second-order valence-electron chi connectivity index (χ2n) is 5.52. The van der Waals surface area contributed by atoms with E-state index in [-0.39, 0.29) is 0 Å². The van der Waals surface area contributed by atoms with Gasteiger partial charge in [0.1, 0.15) is 0 Å². The molecule has 0 aliphatic heterocycles. The molecule has 1 aromatic carbocycles. The lowest BCUT2D eigenvalue weighted by Crippen LogP contribution is -2.24. The molecule has 0 saturated carbocycles. The minimum absolute atomic E-state index is 0.748. The van der Waals surface area contributed by atoms with E-state index < -0.39 is 0 Å². The number of aromatic nitrogens is 2. The van der Waals surface area contributed by atoms with Gasteiger partial charge in [0.25, 0.3) is 0 Å². The van der Waals surface area contributed by atoms with E-state index in [1.54, 1.807) is 0 Å². The molecule has 2 heterocycles. The number of para-hydroxylation sites is 1. The molecule has 0 N–H and O–H groups in total. The van der Waals surface area contributed by atoms with Crippen LogP contribution in [0.15, 0.2) is 55.0 Å². The highest BCUT2D eigenvalue weighted by molar-refractivity contribution is 5.97. The van der Waals surface area contributed by atoms with Crippen LogP contribution in [0.4, 0.5) is 0 Å². The van der Waals surface area contributed by atoms with Gasteiger partial charge in [-0.2, -0.15) is 0 Å². The number of carbonyl (C=O) groups excluding carboxylic acids is 1. The van der Waals surface area contributed by atoms with E-state index in [9.17, 15) is 4.79 Å². The Bertz CT molecular complexity index is 764. The van der Waals surface area contributed by atoms with E-state index in [1.807, 2.05) is 48.9 Å². The molecule has 0 bridgehead atoms. The molecule has 0 atom stereocenters. The van der Waals surface area contributed by atoms with Gasteiger partial charge >= 0.3 is 0 Å². The van der Waals surface area contributed by atoms with Crippen LogP contribution in [0.1, 0.15) is 15.9 Å². The molecule has 4 heteroatoms. The molecular weight excluding hydrogens is 274 g/mol. The van der Waals surface area contributed by atoms with E-state index in [1.165, 1.54) is 5.56 Å². The van der Waals surface area contributed by atoms with Crippen molar-refractivity contribution in [3.05, 3.63) is 66.1 Å². The summed E-state index contributed by atoms with van der Waals surface area (Å²) in [7, 11) is 2.09. The molecular formula is C18H19N3O. The van der Waals surface area contributed by atoms with Gasteiger partial charge in [-0.25, -0.2) is 0 Å². The predicted molar refractivity (Wildman–Crippen MR) is 87.9 cm³/mol. The number of carbonyl (C=O) groups is 1. The molecule has 0 fully saturated rings. The van der Waals surface area contributed by atoms with E-state index in [2.05, 4.69) is 27.6 Å². The van der Waals surface area contributed by atoms with E-state index >= 15 is 0 Å². The zero-order valence-corrected chi connectivity index (χ0v) is 12.6. The number of nitrogens with zero attached hydrogens (tertiary/aromatic N) is 3. The Labute approximate surface area is 130 Å². The molecule has 22 heavy (non-hydrogen) atoms. The fourth-order valence-electron chi connectivity index (χ4n) is 2.69. The van der Waals surface area contributed by atoms with Crippen molar-refractivity contribution in [3.63, 3.8) is 0 Å². The summed E-state index contributed by atoms with van der Waals surface area (Å²) >= 11 is 0. The first-order chi connectivity index (χ1) is 10.8. The number of benzene rings is 1. The van der Waals surface area contributed by atoms with Gasteiger partial charge in [0.15, 0.2) is 6.29 Å². The zero-order valence-electron chi connectivity index (χ0n) is 12.6. The highest BCUT2D eigenvalue weighted by atomic mass is 16.1. The molecule has 112 valence electrons. The number of rotatable bonds is 6. The molecule has 0 aliphatic carbocycles. The summed E-state index contributed by atoms with van der Waals surface area (Å²) in [6.07, 6.45) is 7.49. The molecule has 4 nitrogen and oxygen atoms in total. The number of fused-ring (bicyclic) bond motifs is 1. The summed E-state index contributed by atoms with van der Waals surface area (Å²) in [6.45, 7) is 1.71. The van der Waals surface area contributed by atoms with Crippen LogP contribution < -0.4 is 0 Å². The summed E-state index contributed by atoms with van der Waals surface area (Å²) in [5.74, 6) is 0. The van der Waals surface area contributed by atoms with Crippen molar-refractivity contribution in [3.8, 4) is 0 Å². The Kier molecular flexibility index (Phi) is 4.30. The highest BCUT2D eigenvalue weighted by Crippen LogP contribution is 2.20. The smallest absolute Gasteiger partial charge is 0.152 e. The van der Waals surface area contributed by atoms with Crippen LogP contribution in [0.3, 0.4) is 0 Å². The first-order valence-corrected chi connectivity index (χ1v) is 7.38. The summed E-state index contributed by atoms with van der Waals surface area (Å²) in [5, 5.41) is 1.01. The lowest BCUT2D eigenvalue weighted by Gasteiger charge is -2.18. The third kappa shape index (κ3) is 3.07. The molecule has 0 spiro atoms. The van der Waals surface area contributed by atoms with Crippen LogP contribution >= 0.6 is 0 Å². The fraction of sp³-hybridized carbons (Fsp3) is 0.222. The SMILES string of the molecule is CN(CCc1ccncc1)Cn1cc(C=O)c2ccccc21. The number of hydrogen-bond donors (Lipinski definition) is 0. The first-order valence-electron chi connectivity index (χ1n) is 7.38. The van der Waals surface area contributed by atoms with Gasteiger partial charge in [0, 0.05) is 41.6 Å². The molecule has 0 radical (unpaired) electrons. The summed E-state index contributed by atoms with van der Waals surface area (Å²) < 4.78 is 2.13. The van der Waals surface area contributed by atoms with Crippen molar-refractivity contribution < 1.29 is 4.79 Å². The normalized spacial score (nSPS) is 11.2. The maximum Gasteiger partial charge on any atom is 0.152 e. The van der Waals surface area contributed by atoms with Gasteiger partial charge in [-0.05, 0) is 37.2 Å². The van der Waals surface area contributed by atoms with Crippen molar-refractivity contribution in [2.24, 2.45) is 0 Å². The molecule has 3 aromatic rings. The first kappa shape index (κ1) is 14.5. The number of pyridine rings is 1. The molecule has 0 aliphatic rings. The van der Waals surface area contributed by atoms with Crippen molar-refractivity contribution in [1.29, 1.82) is 0 Å². The summed E-state index contributed by atoms with van der Waals surface area (Å²) in [4.78, 5) is 17.5. The number of hydrogen-bond acceptors (Lipinski definition) is 3. The minimum atomic E-state index is 0.748. The summed E-state index contributed by atoms with van der Waals surface area (Å²) in [5.41, 5.74) is 3.13. The van der Waals surface area contributed by atoms with Crippen LogP contribution in [-0.2, 0) is 13.1 Å². The second kappa shape index (κ2) is 6.54. The Morgan fingerprint density at radius 2 is 1.95 bits per heavy atom. The van der Waals surface area contributed by atoms with Crippen molar-refractivity contribution in [2.45, 2.75) is 13.1 Å². The third-order valence-electron chi connectivity index (χ3n) is 3.87. The van der Waals surface area contributed by atoms with Crippen LogP contribution in [0, 0.1) is 0 Å². The minimum Gasteiger partial charge on any atom is -0.333 e. The monoisotopic (exact) mass is 293 g/mol. The van der Waals surface area contributed by atoms with Gasteiger partial charge in [-0.1, -0.05) is 18.2 Å². The van der Waals surface area contributed by atoms with Crippen LogP contribution in [0.2, 0.25) is 0 Å². The Morgan fingerprint density at radius 3 is 2.73 bits per heavy atom. The second-order valence-corrected chi connectivity index (χ2v) is 5.52. The highest BCUT2D eigenvalue weighted by Gasteiger charge is 2.08. The van der Waals surface area contributed by atoms with Gasteiger partial charge in [0.05, 0.1) is 6.67 Å². The van der Waals surface area contributed by atoms with E-state index in [0.29, 0.717) is 0 Å². The quantitative estimate of drug-likeness (QED) is 0.656. The lowest BCUT2D eigenvalue weighted by molar-refractivity contribution is 0.112. The Morgan fingerprint density at radius 1 is 1.18 bits per heavy atom. The molecule has 0 saturated heterocycles. The average molecular weight is 293 g/mol. The molecule has 2 aromatic heterocycles. The van der Waals surface area contributed by atoms with E-state index in [4.69, 9.17) is 0 Å². The lowest BCUT2D eigenvalue weighted by atomic mass is 10.2. The van der Waals surface area contributed by atoms with Gasteiger partial charge < -0.3 is 4.57 Å². The van der Waals surface area contributed by atoms with Gasteiger partial charge in [0.2, 0.25) is 0 Å². The molecule has 3 rings (SSSR count). The van der Waals surface area contributed by atoms with E-state index in [0.717, 1.165) is 42.4 Å². The van der Waals surface area contributed by atoms with Crippen molar-refractivity contribution >= 4 is 17.2 Å². The number of aldehydes is 1. The molecule has 0 unspecified atom stereocenters. The van der Waals surface area contributed by atoms with Crippen LogP contribution in [-0.4, -0.2) is 34.3 Å². The topological polar surface area (TPSA) is 38.1 Å². The van der Waals surface area contributed by atoms with Crippen LogP contribution in [0.5, 0.6) is 0 Å². The maximum absolute atomic E-state index is 11.2. The molecule has 0 amide bonds. The van der Waals surface area contributed by atoms with Crippen LogP contribution in [0.25, 0.3) is 10.9 Å². The standard InChI is InChI=1S/C18H19N3O/c1-20(11-8-15-6-9-19-10-7-15)14-21-12-16(13-22)17-4-2-3-5-18(17)21/h2-7,9-10,12-13H,8,11,14H2,1H3. The number of likely N-dealkylation sites (N-methyl/N-ethyl adjacent to an activating group) is 1. The zero-order chi connectivity index (χ0) is 15.4. The van der Waals surface area contributed by atoms with Gasteiger partial charge in [-0.3, -0.25) is 14.7 Å². The van der Waals surface area contributed by atoms with Crippen molar-refractivity contribution in [2.75, 3.05) is 13.6 Å². The average Bonchev–Trinajstić information content (AvgIpc) is 2.92. The van der Waals surface area contributed by atoms with Gasteiger partial charge in [-0.15, -0.1) is 0 Å².